The van der Waals surface area contributed by atoms with Crippen LogP contribution >= 0.6 is 0 Å². The third-order valence-electron chi connectivity index (χ3n) is 2.72. The normalized spacial score (nSPS) is 13.6. The van der Waals surface area contributed by atoms with Gasteiger partial charge in [0.25, 0.3) is 0 Å². The zero-order valence-electron chi connectivity index (χ0n) is 10.8. The Labute approximate surface area is 109 Å². The Kier molecular flexibility index (Phi) is 5.60. The Morgan fingerprint density at radius 2 is 1.79 bits per heavy atom. The van der Waals surface area contributed by atoms with E-state index < -0.39 is 18.4 Å². The molecule has 0 aliphatic heterocycles. The van der Waals surface area contributed by atoms with Gasteiger partial charge < -0.3 is 10.1 Å². The topological polar surface area (TPSA) is 21.3 Å². The Balaban J connectivity index is 3.01. The molecule has 1 aromatic carbocycles. The summed E-state index contributed by atoms with van der Waals surface area (Å²) in [6, 6.07) is 3.96. The van der Waals surface area contributed by atoms with E-state index in [4.69, 9.17) is 4.74 Å². The summed E-state index contributed by atoms with van der Waals surface area (Å²) < 4.78 is 57.0. The van der Waals surface area contributed by atoms with E-state index in [1.807, 2.05) is 0 Å². The van der Waals surface area contributed by atoms with Gasteiger partial charge in [-0.1, -0.05) is 19.1 Å². The van der Waals surface area contributed by atoms with Crippen LogP contribution in [0.15, 0.2) is 24.3 Å². The average molecular weight is 279 g/mol. The van der Waals surface area contributed by atoms with E-state index in [1.165, 1.54) is 31.4 Å². The largest absolute Gasteiger partial charge is 0.497 e. The smallest absolute Gasteiger partial charge is 0.326 e. The van der Waals surface area contributed by atoms with Crippen LogP contribution in [-0.2, 0) is 0 Å². The standard InChI is InChI=1S/C13H17F4NO/c1-3-8-18-11(13(16,17)12(14)15)9-4-6-10(19-2)7-5-9/h4-7,11-12,18H,3,8H2,1-2H3. The molecule has 0 bridgehead atoms. The summed E-state index contributed by atoms with van der Waals surface area (Å²) in [7, 11) is 1.44. The molecule has 1 unspecified atom stereocenters. The molecular weight excluding hydrogens is 262 g/mol. The fourth-order valence-electron chi connectivity index (χ4n) is 1.69. The molecule has 0 spiro atoms. The fourth-order valence-corrected chi connectivity index (χ4v) is 1.69. The molecule has 108 valence electrons. The maximum absolute atomic E-state index is 13.6. The highest BCUT2D eigenvalue weighted by molar-refractivity contribution is 5.30. The lowest BCUT2D eigenvalue weighted by Crippen LogP contribution is -2.42. The summed E-state index contributed by atoms with van der Waals surface area (Å²) in [5, 5.41) is 2.47. The predicted molar refractivity (Wildman–Crippen MR) is 65.0 cm³/mol. The molecule has 1 aromatic rings. The zero-order valence-corrected chi connectivity index (χ0v) is 10.8. The van der Waals surface area contributed by atoms with E-state index in [0.717, 1.165) is 0 Å². The predicted octanol–water partition coefficient (Wildman–Crippen LogP) is 3.64. The molecule has 0 radical (unpaired) electrons. The van der Waals surface area contributed by atoms with Crippen molar-refractivity contribution in [2.75, 3.05) is 13.7 Å². The molecule has 1 N–H and O–H groups in total. The summed E-state index contributed by atoms with van der Waals surface area (Å²) in [5.41, 5.74) is 0.111. The minimum Gasteiger partial charge on any atom is -0.497 e. The van der Waals surface area contributed by atoms with Crippen LogP contribution in [0.5, 0.6) is 5.75 Å². The Morgan fingerprint density at radius 1 is 1.21 bits per heavy atom. The van der Waals surface area contributed by atoms with Gasteiger partial charge in [-0.3, -0.25) is 0 Å². The van der Waals surface area contributed by atoms with Crippen LogP contribution in [0.25, 0.3) is 0 Å². The van der Waals surface area contributed by atoms with Crippen LogP contribution in [-0.4, -0.2) is 26.0 Å². The maximum Gasteiger partial charge on any atom is 0.326 e. The molecule has 0 fully saturated rings. The van der Waals surface area contributed by atoms with Crippen molar-refractivity contribution in [3.05, 3.63) is 29.8 Å². The SMILES string of the molecule is CCCNC(c1ccc(OC)cc1)C(F)(F)C(F)F. The van der Waals surface area contributed by atoms with Crippen molar-refractivity contribution in [3.8, 4) is 5.75 Å². The van der Waals surface area contributed by atoms with Crippen molar-refractivity contribution >= 4 is 0 Å². The van der Waals surface area contributed by atoms with Crippen LogP contribution in [0.4, 0.5) is 17.6 Å². The molecule has 0 amide bonds. The first kappa shape index (κ1) is 15.8. The lowest BCUT2D eigenvalue weighted by atomic mass is 10.0. The minimum atomic E-state index is -4.12. The minimum absolute atomic E-state index is 0.111. The molecule has 0 saturated carbocycles. The summed E-state index contributed by atoms with van der Waals surface area (Å²) in [4.78, 5) is 0. The number of halogens is 4. The molecule has 0 heterocycles. The van der Waals surface area contributed by atoms with E-state index in [1.54, 1.807) is 6.92 Å². The first-order chi connectivity index (χ1) is 8.93. The quantitative estimate of drug-likeness (QED) is 0.769. The molecule has 1 atom stereocenters. The van der Waals surface area contributed by atoms with E-state index >= 15 is 0 Å². The van der Waals surface area contributed by atoms with Crippen molar-refractivity contribution in [1.82, 2.24) is 5.32 Å². The Morgan fingerprint density at radius 3 is 2.21 bits per heavy atom. The van der Waals surface area contributed by atoms with E-state index in [-0.39, 0.29) is 12.1 Å². The monoisotopic (exact) mass is 279 g/mol. The third-order valence-corrected chi connectivity index (χ3v) is 2.72. The molecule has 0 aliphatic carbocycles. The van der Waals surface area contributed by atoms with Gasteiger partial charge in [0, 0.05) is 0 Å². The molecule has 1 rings (SSSR count). The van der Waals surface area contributed by atoms with Gasteiger partial charge in [0.1, 0.15) is 11.8 Å². The number of rotatable bonds is 7. The van der Waals surface area contributed by atoms with Crippen molar-refractivity contribution in [2.24, 2.45) is 0 Å². The number of hydrogen-bond acceptors (Lipinski definition) is 2. The second kappa shape index (κ2) is 6.75. The van der Waals surface area contributed by atoms with Gasteiger partial charge in [0.15, 0.2) is 0 Å². The van der Waals surface area contributed by atoms with Gasteiger partial charge in [-0.25, -0.2) is 8.78 Å². The van der Waals surface area contributed by atoms with Crippen molar-refractivity contribution in [2.45, 2.75) is 31.7 Å². The summed E-state index contributed by atoms with van der Waals surface area (Å²) >= 11 is 0. The lowest BCUT2D eigenvalue weighted by Gasteiger charge is -2.27. The highest BCUT2D eigenvalue weighted by Gasteiger charge is 2.49. The van der Waals surface area contributed by atoms with Gasteiger partial charge in [-0.2, -0.15) is 8.78 Å². The Bertz CT molecular complexity index is 381. The first-order valence-corrected chi connectivity index (χ1v) is 5.96. The van der Waals surface area contributed by atoms with E-state index in [9.17, 15) is 17.6 Å². The second-order valence-electron chi connectivity index (χ2n) is 4.14. The van der Waals surface area contributed by atoms with E-state index in [0.29, 0.717) is 12.2 Å². The van der Waals surface area contributed by atoms with Gasteiger partial charge in [-0.15, -0.1) is 0 Å². The summed E-state index contributed by atoms with van der Waals surface area (Å²) in [6.45, 7) is 2.01. The van der Waals surface area contributed by atoms with Crippen LogP contribution in [0.3, 0.4) is 0 Å². The first-order valence-electron chi connectivity index (χ1n) is 5.96. The number of methoxy groups -OCH3 is 1. The van der Waals surface area contributed by atoms with Crippen molar-refractivity contribution in [1.29, 1.82) is 0 Å². The average Bonchev–Trinajstić information content (AvgIpc) is 2.39. The molecular formula is C13H17F4NO. The van der Waals surface area contributed by atoms with Crippen molar-refractivity contribution < 1.29 is 22.3 Å². The van der Waals surface area contributed by atoms with Gasteiger partial charge >= 0.3 is 12.3 Å². The summed E-state index contributed by atoms with van der Waals surface area (Å²) in [6.07, 6.45) is -3.14. The molecule has 6 heteroatoms. The number of alkyl halides is 4. The van der Waals surface area contributed by atoms with Gasteiger partial charge in [0.2, 0.25) is 0 Å². The fraction of sp³-hybridized carbons (Fsp3) is 0.538. The second-order valence-corrected chi connectivity index (χ2v) is 4.14. The van der Waals surface area contributed by atoms with Crippen LogP contribution < -0.4 is 10.1 Å². The van der Waals surface area contributed by atoms with Gasteiger partial charge in [0.05, 0.1) is 7.11 Å². The number of benzene rings is 1. The molecule has 2 nitrogen and oxygen atoms in total. The molecule has 0 aliphatic rings. The zero-order chi connectivity index (χ0) is 14.5. The highest BCUT2D eigenvalue weighted by atomic mass is 19.3. The molecule has 0 aromatic heterocycles. The molecule has 0 saturated heterocycles. The van der Waals surface area contributed by atoms with Crippen LogP contribution in [0, 0.1) is 0 Å². The van der Waals surface area contributed by atoms with Gasteiger partial charge in [-0.05, 0) is 30.7 Å². The lowest BCUT2D eigenvalue weighted by molar-refractivity contribution is -0.151. The molecule has 19 heavy (non-hydrogen) atoms. The third kappa shape index (κ3) is 3.83. The maximum atomic E-state index is 13.6. The number of nitrogens with one attached hydrogen (secondary N) is 1. The van der Waals surface area contributed by atoms with E-state index in [2.05, 4.69) is 5.32 Å². The number of hydrogen-bond donors (Lipinski definition) is 1. The van der Waals surface area contributed by atoms with Crippen molar-refractivity contribution in [3.63, 3.8) is 0 Å². The van der Waals surface area contributed by atoms with Crippen LogP contribution in [0.2, 0.25) is 0 Å². The summed E-state index contributed by atoms with van der Waals surface area (Å²) in [5.74, 6) is -3.64. The van der Waals surface area contributed by atoms with Crippen LogP contribution in [0.1, 0.15) is 24.9 Å². The Hall–Kier alpha value is -1.30. The highest BCUT2D eigenvalue weighted by Crippen LogP contribution is 2.37. The number of ether oxygens (including phenoxy) is 1.